The van der Waals surface area contributed by atoms with Gasteiger partial charge in [0.1, 0.15) is 29.1 Å². The van der Waals surface area contributed by atoms with Gasteiger partial charge in [0.25, 0.3) is 0 Å². The van der Waals surface area contributed by atoms with E-state index in [0.29, 0.717) is 39.8 Å². The summed E-state index contributed by atoms with van der Waals surface area (Å²) in [5.41, 5.74) is 2.42. The SMILES string of the molecule is Cc1noc(C)c1NC(=O)Nc1ccc2c(c1)CC(=O)N([C@H](C)CO)C[C@@H](C)[C@@H](CN(C)C(=O)Nc1ccc(F)cc1)O2. The van der Waals surface area contributed by atoms with E-state index in [-0.39, 0.29) is 37.9 Å². The first-order valence-electron chi connectivity index (χ1n) is 13.9. The molecule has 2 aromatic carbocycles. The van der Waals surface area contributed by atoms with Crippen molar-refractivity contribution < 1.29 is 33.1 Å². The van der Waals surface area contributed by atoms with E-state index in [1.165, 1.54) is 29.2 Å². The van der Waals surface area contributed by atoms with Gasteiger partial charge in [-0.15, -0.1) is 0 Å². The van der Waals surface area contributed by atoms with Gasteiger partial charge in [-0.1, -0.05) is 12.1 Å². The Labute approximate surface area is 249 Å². The molecular weight excluding hydrogens is 559 g/mol. The van der Waals surface area contributed by atoms with Crippen molar-refractivity contribution >= 4 is 35.0 Å². The molecule has 13 heteroatoms. The molecule has 0 saturated carbocycles. The zero-order valence-corrected chi connectivity index (χ0v) is 24.8. The van der Waals surface area contributed by atoms with Crippen LogP contribution in [0.3, 0.4) is 0 Å². The highest BCUT2D eigenvalue weighted by Gasteiger charge is 2.32. The van der Waals surface area contributed by atoms with E-state index in [4.69, 9.17) is 9.26 Å². The van der Waals surface area contributed by atoms with Crippen LogP contribution in [0.1, 0.15) is 30.9 Å². The average molecular weight is 597 g/mol. The number of carbonyl (C=O) groups excluding carboxylic acids is 3. The number of halogens is 1. The normalized spacial score (nSPS) is 17.5. The minimum atomic E-state index is -0.538. The van der Waals surface area contributed by atoms with Crippen molar-refractivity contribution in [2.75, 3.05) is 42.7 Å². The number of amides is 5. The number of nitrogens with zero attached hydrogens (tertiary/aromatic N) is 3. The van der Waals surface area contributed by atoms with Gasteiger partial charge in [-0.25, -0.2) is 14.0 Å². The molecule has 1 aromatic heterocycles. The predicted octanol–water partition coefficient (Wildman–Crippen LogP) is 4.39. The Bertz CT molecular complexity index is 1440. The molecular formula is C30H37FN6O6. The highest BCUT2D eigenvalue weighted by atomic mass is 19.1. The van der Waals surface area contributed by atoms with Gasteiger partial charge in [-0.3, -0.25) is 4.79 Å². The molecule has 1 aliphatic heterocycles. The Balaban J connectivity index is 1.56. The van der Waals surface area contributed by atoms with Gasteiger partial charge >= 0.3 is 12.1 Å². The summed E-state index contributed by atoms with van der Waals surface area (Å²) in [5, 5.41) is 21.9. The van der Waals surface area contributed by atoms with Gasteiger partial charge in [0.2, 0.25) is 5.91 Å². The van der Waals surface area contributed by atoms with Crippen LogP contribution in [-0.4, -0.2) is 76.9 Å². The summed E-state index contributed by atoms with van der Waals surface area (Å²) in [7, 11) is 1.62. The van der Waals surface area contributed by atoms with Gasteiger partial charge in [-0.2, -0.15) is 0 Å². The fraction of sp³-hybridized carbons (Fsp3) is 0.400. The molecule has 0 aliphatic carbocycles. The zero-order chi connectivity index (χ0) is 31.3. The van der Waals surface area contributed by atoms with Gasteiger partial charge in [0, 0.05) is 36.4 Å². The Morgan fingerprint density at radius 3 is 2.49 bits per heavy atom. The number of benzene rings is 2. The lowest BCUT2D eigenvalue weighted by molar-refractivity contribution is -0.134. The second-order valence-corrected chi connectivity index (χ2v) is 10.8. The van der Waals surface area contributed by atoms with Crippen molar-refractivity contribution in [2.24, 2.45) is 5.92 Å². The lowest BCUT2D eigenvalue weighted by Gasteiger charge is -2.34. The highest BCUT2D eigenvalue weighted by Crippen LogP contribution is 2.29. The number of carbonyl (C=O) groups is 3. The average Bonchev–Trinajstić information content (AvgIpc) is 3.30. The molecule has 0 fully saturated rings. The third kappa shape index (κ3) is 7.80. The van der Waals surface area contributed by atoms with Gasteiger partial charge < -0.3 is 40.1 Å². The first kappa shape index (κ1) is 31.3. The summed E-state index contributed by atoms with van der Waals surface area (Å²) in [6.07, 6.45) is -0.565. The van der Waals surface area contributed by atoms with Crippen molar-refractivity contribution in [2.45, 2.75) is 46.3 Å². The van der Waals surface area contributed by atoms with Crippen molar-refractivity contribution in [1.29, 1.82) is 0 Å². The third-order valence-electron chi connectivity index (χ3n) is 7.34. The first-order chi connectivity index (χ1) is 20.4. The highest BCUT2D eigenvalue weighted by molar-refractivity contribution is 6.00. The van der Waals surface area contributed by atoms with Crippen LogP contribution in [0.15, 0.2) is 47.0 Å². The molecule has 3 atom stereocenters. The molecule has 5 amide bonds. The summed E-state index contributed by atoms with van der Waals surface area (Å²) in [5.74, 6) is 0.0547. The fourth-order valence-electron chi connectivity index (χ4n) is 4.77. The maximum Gasteiger partial charge on any atom is 0.323 e. The number of aliphatic hydroxyl groups excluding tert-OH is 1. The number of ether oxygens (including phenoxy) is 1. The molecule has 12 nitrogen and oxygen atoms in total. The van der Waals surface area contributed by atoms with E-state index in [2.05, 4.69) is 21.1 Å². The van der Waals surface area contributed by atoms with Crippen molar-refractivity contribution in [3.63, 3.8) is 0 Å². The molecule has 230 valence electrons. The Kier molecular flexibility index (Phi) is 9.86. The lowest BCUT2D eigenvalue weighted by atomic mass is 10.0. The molecule has 2 heterocycles. The number of fused-ring (bicyclic) bond motifs is 1. The number of hydrogen-bond acceptors (Lipinski definition) is 7. The largest absolute Gasteiger partial charge is 0.488 e. The van der Waals surface area contributed by atoms with Crippen molar-refractivity contribution in [3.8, 4) is 5.75 Å². The first-order valence-corrected chi connectivity index (χ1v) is 13.9. The standard InChI is InChI=1S/C30H37FN6O6/c1-17-14-37(18(2)16-38)27(39)13-21-12-24(32-29(40)34-28-19(3)35-43-20(28)4)10-11-25(21)42-26(17)15-36(5)30(41)33-23-8-6-22(31)7-9-23/h6-12,17-18,26,38H,13-16H2,1-5H3,(H,33,41)(H2,32,34,40)/t17-,18-,26-/m1/s1. The Morgan fingerprint density at radius 1 is 1.14 bits per heavy atom. The molecule has 0 bridgehead atoms. The predicted molar refractivity (Wildman–Crippen MR) is 159 cm³/mol. The maximum absolute atomic E-state index is 13.5. The summed E-state index contributed by atoms with van der Waals surface area (Å²) in [6.45, 7) is 7.32. The Morgan fingerprint density at radius 2 is 1.84 bits per heavy atom. The molecule has 1 aliphatic rings. The van der Waals surface area contributed by atoms with Crippen LogP contribution in [0.5, 0.6) is 5.75 Å². The lowest BCUT2D eigenvalue weighted by Crippen LogP contribution is -2.48. The van der Waals surface area contributed by atoms with Crippen LogP contribution < -0.4 is 20.7 Å². The van der Waals surface area contributed by atoms with E-state index in [1.807, 2.05) is 6.92 Å². The van der Waals surface area contributed by atoms with Gasteiger partial charge in [0.15, 0.2) is 5.76 Å². The quantitative estimate of drug-likeness (QED) is 0.316. The molecule has 43 heavy (non-hydrogen) atoms. The van der Waals surface area contributed by atoms with Crippen LogP contribution in [-0.2, 0) is 11.2 Å². The number of nitrogens with one attached hydrogen (secondary N) is 3. The zero-order valence-electron chi connectivity index (χ0n) is 24.8. The van der Waals surface area contributed by atoms with E-state index in [1.54, 1.807) is 50.9 Å². The number of rotatable bonds is 7. The van der Waals surface area contributed by atoms with E-state index >= 15 is 0 Å². The second-order valence-electron chi connectivity index (χ2n) is 10.8. The summed E-state index contributed by atoms with van der Waals surface area (Å²) >= 11 is 0. The van der Waals surface area contributed by atoms with Crippen molar-refractivity contribution in [1.82, 2.24) is 15.0 Å². The van der Waals surface area contributed by atoms with Crippen LogP contribution >= 0.6 is 0 Å². The molecule has 0 unspecified atom stereocenters. The molecule has 0 spiro atoms. The summed E-state index contributed by atoms with van der Waals surface area (Å²) in [4.78, 5) is 42.2. The van der Waals surface area contributed by atoms with Crippen LogP contribution in [0.4, 0.5) is 31.0 Å². The van der Waals surface area contributed by atoms with Gasteiger partial charge in [0.05, 0.1) is 25.6 Å². The summed E-state index contributed by atoms with van der Waals surface area (Å²) in [6, 6.07) is 9.09. The number of aromatic nitrogens is 1. The fourth-order valence-corrected chi connectivity index (χ4v) is 4.77. The van der Waals surface area contributed by atoms with E-state index in [0.717, 1.165) is 0 Å². The van der Waals surface area contributed by atoms with Crippen LogP contribution in [0.25, 0.3) is 0 Å². The molecule has 0 radical (unpaired) electrons. The number of likely N-dealkylation sites (N-methyl/N-ethyl adjacent to an activating group) is 1. The minimum absolute atomic E-state index is 0.0268. The van der Waals surface area contributed by atoms with Crippen molar-refractivity contribution in [3.05, 3.63) is 65.3 Å². The molecule has 0 saturated heterocycles. The molecule has 4 rings (SSSR count). The van der Waals surface area contributed by atoms with E-state index < -0.39 is 30.0 Å². The maximum atomic E-state index is 13.5. The minimum Gasteiger partial charge on any atom is -0.488 e. The summed E-state index contributed by atoms with van der Waals surface area (Å²) < 4.78 is 24.8. The van der Waals surface area contributed by atoms with Gasteiger partial charge in [-0.05, 0) is 63.2 Å². The monoisotopic (exact) mass is 596 g/mol. The molecule has 4 N–H and O–H groups in total. The number of hydrogen-bond donors (Lipinski definition) is 4. The number of aryl methyl sites for hydroxylation is 2. The van der Waals surface area contributed by atoms with E-state index in [9.17, 15) is 23.9 Å². The topological polar surface area (TPSA) is 149 Å². The molecule has 3 aromatic rings. The smallest absolute Gasteiger partial charge is 0.323 e. The van der Waals surface area contributed by atoms with Crippen LogP contribution in [0.2, 0.25) is 0 Å². The van der Waals surface area contributed by atoms with Crippen LogP contribution in [0, 0.1) is 25.6 Å². The Hall–Kier alpha value is -4.65. The number of urea groups is 2. The number of anilines is 3. The third-order valence-corrected chi connectivity index (χ3v) is 7.34. The second kappa shape index (κ2) is 13.6. The number of aliphatic hydroxyl groups is 1.